The van der Waals surface area contributed by atoms with Gasteiger partial charge in [-0.3, -0.25) is 4.79 Å². The molecule has 3 N–H and O–H groups in total. The fraction of sp³-hybridized carbons (Fsp3) is 0.462. The number of anilines is 1. The fourth-order valence-electron chi connectivity index (χ4n) is 1.94. The first-order valence-corrected chi connectivity index (χ1v) is 5.63. The fourth-order valence-corrected chi connectivity index (χ4v) is 1.94. The van der Waals surface area contributed by atoms with Gasteiger partial charge in [0.15, 0.2) is 0 Å². The summed E-state index contributed by atoms with van der Waals surface area (Å²) in [5.41, 5.74) is 7.24. The van der Waals surface area contributed by atoms with Crippen molar-refractivity contribution in [3.8, 4) is 0 Å². The van der Waals surface area contributed by atoms with E-state index in [1.807, 2.05) is 12.1 Å². The number of benzene rings is 1. The van der Waals surface area contributed by atoms with Crippen LogP contribution in [0.1, 0.15) is 30.6 Å². The van der Waals surface area contributed by atoms with E-state index >= 15 is 0 Å². The van der Waals surface area contributed by atoms with Crippen molar-refractivity contribution in [1.29, 1.82) is 0 Å². The molecule has 1 aromatic carbocycles. The summed E-state index contributed by atoms with van der Waals surface area (Å²) < 4.78 is 0. The number of nitrogens with one attached hydrogen (secondary N) is 1. The largest absolute Gasteiger partial charge is 0.398 e. The molecule has 2 rings (SSSR count). The van der Waals surface area contributed by atoms with Crippen molar-refractivity contribution < 1.29 is 4.79 Å². The van der Waals surface area contributed by atoms with Crippen LogP contribution in [0.4, 0.5) is 5.69 Å². The van der Waals surface area contributed by atoms with Gasteiger partial charge in [0.1, 0.15) is 0 Å². The van der Waals surface area contributed by atoms with E-state index in [4.69, 9.17) is 5.73 Å². The molecule has 1 saturated carbocycles. The highest BCUT2D eigenvalue weighted by atomic mass is 16.1. The maximum Gasteiger partial charge on any atom is 0.253 e. The summed E-state index contributed by atoms with van der Waals surface area (Å²) in [5.74, 6) is 0.544. The number of hydrogen-bond donors (Lipinski definition) is 2. The Morgan fingerprint density at radius 2 is 2.12 bits per heavy atom. The molecule has 0 aromatic heterocycles. The normalized spacial score (nSPS) is 21.5. The van der Waals surface area contributed by atoms with Gasteiger partial charge in [0.05, 0.1) is 5.56 Å². The lowest BCUT2D eigenvalue weighted by molar-refractivity contribution is 0.0951. The Kier molecular flexibility index (Phi) is 2.62. The second kappa shape index (κ2) is 3.81. The lowest BCUT2D eigenvalue weighted by Crippen LogP contribution is -2.27. The third kappa shape index (κ3) is 2.18. The van der Waals surface area contributed by atoms with Crippen LogP contribution in [0.3, 0.4) is 0 Å². The Morgan fingerprint density at radius 3 is 2.69 bits per heavy atom. The molecule has 0 heterocycles. The van der Waals surface area contributed by atoms with Crippen molar-refractivity contribution in [3.05, 3.63) is 29.8 Å². The van der Waals surface area contributed by atoms with Gasteiger partial charge in [-0.25, -0.2) is 0 Å². The average molecular weight is 218 g/mol. The summed E-state index contributed by atoms with van der Waals surface area (Å²) in [6.07, 6.45) is 1.19. The van der Waals surface area contributed by atoms with Crippen molar-refractivity contribution in [2.45, 2.75) is 20.3 Å². The van der Waals surface area contributed by atoms with E-state index < -0.39 is 0 Å². The number of nitrogens with two attached hydrogens (primary N) is 1. The van der Waals surface area contributed by atoms with Crippen LogP contribution in [0.25, 0.3) is 0 Å². The number of rotatable bonds is 3. The van der Waals surface area contributed by atoms with E-state index in [0.29, 0.717) is 22.6 Å². The number of carbonyl (C=O) groups is 1. The van der Waals surface area contributed by atoms with Gasteiger partial charge in [-0.2, -0.15) is 0 Å². The highest BCUT2D eigenvalue weighted by molar-refractivity contribution is 5.99. The molecule has 1 aliphatic rings. The lowest BCUT2D eigenvalue weighted by Gasteiger charge is -2.08. The molecule has 1 unspecified atom stereocenters. The molecular weight excluding hydrogens is 200 g/mol. The van der Waals surface area contributed by atoms with Crippen LogP contribution >= 0.6 is 0 Å². The minimum absolute atomic E-state index is 0.0687. The molecule has 0 aliphatic heterocycles. The number of amides is 1. The first kappa shape index (κ1) is 11.0. The van der Waals surface area contributed by atoms with Crippen LogP contribution < -0.4 is 11.1 Å². The molecule has 0 bridgehead atoms. The number of carbonyl (C=O) groups excluding carboxylic acids is 1. The first-order chi connectivity index (χ1) is 7.50. The molecule has 3 nitrogen and oxygen atoms in total. The second-order valence-electron chi connectivity index (χ2n) is 5.19. The standard InChI is InChI=1S/C13H18N2O/c1-13(2)7-9(13)8-15-12(16)10-5-3-4-6-11(10)14/h3-6,9H,7-8,14H2,1-2H3,(H,15,16). The zero-order valence-electron chi connectivity index (χ0n) is 9.79. The monoisotopic (exact) mass is 218 g/mol. The molecule has 0 radical (unpaired) electrons. The van der Waals surface area contributed by atoms with Crippen molar-refractivity contribution in [3.63, 3.8) is 0 Å². The van der Waals surface area contributed by atoms with E-state index in [1.165, 1.54) is 6.42 Å². The third-order valence-corrected chi connectivity index (χ3v) is 3.43. The number of nitrogen functional groups attached to an aromatic ring is 1. The maximum absolute atomic E-state index is 11.8. The summed E-state index contributed by atoms with van der Waals surface area (Å²) in [7, 11) is 0. The zero-order chi connectivity index (χ0) is 11.8. The van der Waals surface area contributed by atoms with Crippen LogP contribution in [-0.4, -0.2) is 12.5 Å². The van der Waals surface area contributed by atoms with E-state index in [0.717, 1.165) is 6.54 Å². The summed E-state index contributed by atoms with van der Waals surface area (Å²) in [4.78, 5) is 11.8. The Labute approximate surface area is 96.0 Å². The van der Waals surface area contributed by atoms with Gasteiger partial charge in [0.2, 0.25) is 0 Å². The third-order valence-electron chi connectivity index (χ3n) is 3.43. The summed E-state index contributed by atoms with van der Waals surface area (Å²) in [6, 6.07) is 7.15. The SMILES string of the molecule is CC1(C)CC1CNC(=O)c1ccccc1N. The predicted octanol–water partition coefficient (Wildman–Crippen LogP) is 2.04. The van der Waals surface area contributed by atoms with Crippen LogP contribution in [0, 0.1) is 11.3 Å². The molecule has 0 spiro atoms. The summed E-state index contributed by atoms with van der Waals surface area (Å²) in [5, 5.41) is 2.94. The number of para-hydroxylation sites is 1. The maximum atomic E-state index is 11.8. The van der Waals surface area contributed by atoms with Gasteiger partial charge >= 0.3 is 0 Å². The quantitative estimate of drug-likeness (QED) is 0.763. The predicted molar refractivity (Wildman–Crippen MR) is 65.1 cm³/mol. The van der Waals surface area contributed by atoms with Gasteiger partial charge in [-0.05, 0) is 29.9 Å². The minimum atomic E-state index is -0.0687. The van der Waals surface area contributed by atoms with E-state index in [1.54, 1.807) is 12.1 Å². The van der Waals surface area contributed by atoms with Gasteiger partial charge in [0, 0.05) is 12.2 Å². The Morgan fingerprint density at radius 1 is 1.50 bits per heavy atom. The first-order valence-electron chi connectivity index (χ1n) is 5.63. The van der Waals surface area contributed by atoms with Crippen molar-refractivity contribution in [1.82, 2.24) is 5.32 Å². The summed E-state index contributed by atoms with van der Waals surface area (Å²) in [6.45, 7) is 5.20. The molecule has 0 saturated heterocycles. The lowest BCUT2D eigenvalue weighted by atomic mass is 10.1. The van der Waals surface area contributed by atoms with Crippen molar-refractivity contribution >= 4 is 11.6 Å². The zero-order valence-corrected chi connectivity index (χ0v) is 9.79. The van der Waals surface area contributed by atoms with Gasteiger partial charge < -0.3 is 11.1 Å². The second-order valence-corrected chi connectivity index (χ2v) is 5.19. The summed E-state index contributed by atoms with van der Waals surface area (Å²) >= 11 is 0. The molecule has 86 valence electrons. The van der Waals surface area contributed by atoms with Gasteiger partial charge in [0.25, 0.3) is 5.91 Å². The van der Waals surface area contributed by atoms with Crippen LogP contribution in [0.2, 0.25) is 0 Å². The minimum Gasteiger partial charge on any atom is -0.398 e. The molecule has 16 heavy (non-hydrogen) atoms. The molecule has 1 aliphatic carbocycles. The Bertz CT molecular complexity index is 412. The highest BCUT2D eigenvalue weighted by Gasteiger charge is 2.45. The average Bonchev–Trinajstić information content (AvgIpc) is 2.84. The number of hydrogen-bond acceptors (Lipinski definition) is 2. The van der Waals surface area contributed by atoms with E-state index in [2.05, 4.69) is 19.2 Å². The molecule has 1 amide bonds. The topological polar surface area (TPSA) is 55.1 Å². The van der Waals surface area contributed by atoms with E-state index in [-0.39, 0.29) is 5.91 Å². The molecule has 1 fully saturated rings. The van der Waals surface area contributed by atoms with Crippen LogP contribution in [-0.2, 0) is 0 Å². The molecule has 3 heteroatoms. The van der Waals surface area contributed by atoms with Gasteiger partial charge in [-0.15, -0.1) is 0 Å². The smallest absolute Gasteiger partial charge is 0.253 e. The van der Waals surface area contributed by atoms with Gasteiger partial charge in [-0.1, -0.05) is 26.0 Å². The molecule has 1 atom stereocenters. The van der Waals surface area contributed by atoms with Crippen molar-refractivity contribution in [2.24, 2.45) is 11.3 Å². The molecular formula is C13H18N2O. The highest BCUT2D eigenvalue weighted by Crippen LogP contribution is 2.50. The van der Waals surface area contributed by atoms with Crippen LogP contribution in [0.15, 0.2) is 24.3 Å². The molecule has 1 aromatic rings. The van der Waals surface area contributed by atoms with Crippen LogP contribution in [0.5, 0.6) is 0 Å². The van der Waals surface area contributed by atoms with Crippen molar-refractivity contribution in [2.75, 3.05) is 12.3 Å². The Balaban J connectivity index is 1.92. The van der Waals surface area contributed by atoms with E-state index in [9.17, 15) is 4.79 Å². The Hall–Kier alpha value is -1.51.